The molecule has 106 valence electrons. The Labute approximate surface area is 129 Å². The zero-order chi connectivity index (χ0) is 13.7. The second kappa shape index (κ2) is 7.51. The first-order chi connectivity index (χ1) is 9.16. The third-order valence-corrected chi connectivity index (χ3v) is 4.56. The Kier molecular flexibility index (Phi) is 5.99. The van der Waals surface area contributed by atoms with Gasteiger partial charge in [0.2, 0.25) is 0 Å². The molecule has 1 aliphatic carbocycles. The van der Waals surface area contributed by atoms with Crippen LogP contribution in [-0.2, 0) is 0 Å². The number of rotatable bonds is 5. The van der Waals surface area contributed by atoms with E-state index in [0.29, 0.717) is 17.7 Å². The van der Waals surface area contributed by atoms with Crippen molar-refractivity contribution in [2.75, 3.05) is 13.2 Å². The van der Waals surface area contributed by atoms with Crippen LogP contribution in [-0.4, -0.2) is 19.2 Å². The lowest BCUT2D eigenvalue weighted by Gasteiger charge is -2.29. The molecule has 0 aliphatic heterocycles. The van der Waals surface area contributed by atoms with Crippen molar-refractivity contribution in [2.24, 2.45) is 5.92 Å². The molecule has 2 rings (SSSR count). The van der Waals surface area contributed by atoms with E-state index in [1.54, 1.807) is 0 Å². The van der Waals surface area contributed by atoms with Gasteiger partial charge in [-0.2, -0.15) is 0 Å². The molecule has 0 aromatic heterocycles. The minimum atomic E-state index is 0.651. The Morgan fingerprint density at radius 1 is 1.37 bits per heavy atom. The molecule has 2 atom stereocenters. The van der Waals surface area contributed by atoms with Gasteiger partial charge >= 0.3 is 0 Å². The lowest BCUT2D eigenvalue weighted by atomic mass is 9.86. The van der Waals surface area contributed by atoms with Crippen molar-refractivity contribution in [2.45, 2.75) is 38.6 Å². The normalized spacial score (nSPS) is 23.3. The molecule has 1 N–H and O–H groups in total. The summed E-state index contributed by atoms with van der Waals surface area (Å²) in [5, 5.41) is 4.25. The largest absolute Gasteiger partial charge is 0.491 e. The molecule has 0 bridgehead atoms. The molecule has 1 saturated carbocycles. The van der Waals surface area contributed by atoms with Crippen LogP contribution in [0, 0.1) is 5.92 Å². The second-order valence-electron chi connectivity index (χ2n) is 5.25. The van der Waals surface area contributed by atoms with Crippen LogP contribution in [0.5, 0.6) is 5.75 Å². The lowest BCUT2D eigenvalue weighted by Crippen LogP contribution is -2.39. The molecule has 0 heterocycles. The predicted octanol–water partition coefficient (Wildman–Crippen LogP) is 4.65. The summed E-state index contributed by atoms with van der Waals surface area (Å²) in [5.74, 6) is 1.54. The van der Waals surface area contributed by atoms with Crippen molar-refractivity contribution < 1.29 is 4.74 Å². The highest BCUT2D eigenvalue weighted by Gasteiger charge is 2.20. The first-order valence-corrected chi connectivity index (χ1v) is 8.15. The average molecular weight is 347 g/mol. The van der Waals surface area contributed by atoms with Gasteiger partial charge in [-0.05, 0) is 37.0 Å². The van der Waals surface area contributed by atoms with Crippen LogP contribution in [0.4, 0.5) is 0 Å². The summed E-state index contributed by atoms with van der Waals surface area (Å²) in [6, 6.07) is 6.35. The quantitative estimate of drug-likeness (QED) is 0.784. The van der Waals surface area contributed by atoms with Crippen molar-refractivity contribution in [3.8, 4) is 5.75 Å². The van der Waals surface area contributed by atoms with Crippen LogP contribution in [0.3, 0.4) is 0 Å². The maximum Gasteiger partial charge on any atom is 0.138 e. The topological polar surface area (TPSA) is 21.3 Å². The van der Waals surface area contributed by atoms with Gasteiger partial charge in [0.1, 0.15) is 12.4 Å². The van der Waals surface area contributed by atoms with Gasteiger partial charge in [-0.3, -0.25) is 0 Å². The number of hydrogen-bond acceptors (Lipinski definition) is 2. The summed E-state index contributed by atoms with van der Waals surface area (Å²) in [7, 11) is 0. The number of nitrogens with one attached hydrogen (secondary N) is 1. The van der Waals surface area contributed by atoms with Gasteiger partial charge in [0.05, 0.1) is 5.02 Å². The van der Waals surface area contributed by atoms with E-state index in [4.69, 9.17) is 16.3 Å². The molecule has 2 unspecified atom stereocenters. The summed E-state index contributed by atoms with van der Waals surface area (Å²) in [6.07, 6.45) is 5.36. The molecule has 0 radical (unpaired) electrons. The summed E-state index contributed by atoms with van der Waals surface area (Å²) < 4.78 is 6.67. The molecular formula is C15H21BrClNO. The maximum atomic E-state index is 6.10. The van der Waals surface area contributed by atoms with Gasteiger partial charge in [-0.25, -0.2) is 0 Å². The van der Waals surface area contributed by atoms with Crippen molar-refractivity contribution in [1.29, 1.82) is 0 Å². The molecule has 0 saturated heterocycles. The lowest BCUT2D eigenvalue weighted by molar-refractivity contribution is 0.251. The molecule has 1 aromatic carbocycles. The highest BCUT2D eigenvalue weighted by molar-refractivity contribution is 9.10. The fourth-order valence-electron chi connectivity index (χ4n) is 2.62. The number of ether oxygens (including phenoxy) is 1. The van der Waals surface area contributed by atoms with Crippen LogP contribution in [0.2, 0.25) is 5.02 Å². The first kappa shape index (κ1) is 15.1. The Morgan fingerprint density at radius 2 is 2.16 bits per heavy atom. The number of benzene rings is 1. The van der Waals surface area contributed by atoms with E-state index in [-0.39, 0.29) is 0 Å². The molecule has 19 heavy (non-hydrogen) atoms. The van der Waals surface area contributed by atoms with Gasteiger partial charge in [0.25, 0.3) is 0 Å². The highest BCUT2D eigenvalue weighted by Crippen LogP contribution is 2.27. The maximum absolute atomic E-state index is 6.10. The molecule has 4 heteroatoms. The van der Waals surface area contributed by atoms with E-state index >= 15 is 0 Å². The summed E-state index contributed by atoms with van der Waals surface area (Å²) in [5.41, 5.74) is 0. The van der Waals surface area contributed by atoms with Crippen LogP contribution in [0.25, 0.3) is 0 Å². The Morgan fingerprint density at radius 3 is 2.89 bits per heavy atom. The first-order valence-electron chi connectivity index (χ1n) is 6.98. The van der Waals surface area contributed by atoms with Crippen molar-refractivity contribution in [1.82, 2.24) is 5.32 Å². The van der Waals surface area contributed by atoms with Crippen LogP contribution < -0.4 is 10.1 Å². The SMILES string of the molecule is CC1CCCCC1NCCOc1ccc(Br)cc1Cl. The van der Waals surface area contributed by atoms with E-state index in [0.717, 1.165) is 22.7 Å². The van der Waals surface area contributed by atoms with Crippen LogP contribution in [0.1, 0.15) is 32.6 Å². The zero-order valence-corrected chi connectivity index (χ0v) is 13.6. The molecule has 1 aliphatic rings. The number of halogens is 2. The Hall–Kier alpha value is -0.250. The Balaban J connectivity index is 1.71. The monoisotopic (exact) mass is 345 g/mol. The summed E-state index contributed by atoms with van der Waals surface area (Å²) in [6.45, 7) is 3.87. The molecule has 2 nitrogen and oxygen atoms in total. The van der Waals surface area contributed by atoms with E-state index in [1.165, 1.54) is 25.7 Å². The van der Waals surface area contributed by atoms with Gasteiger partial charge in [-0.1, -0.05) is 47.3 Å². The van der Waals surface area contributed by atoms with Crippen molar-refractivity contribution in [3.05, 3.63) is 27.7 Å². The summed E-state index contributed by atoms with van der Waals surface area (Å²) in [4.78, 5) is 0. The van der Waals surface area contributed by atoms with E-state index in [1.807, 2.05) is 18.2 Å². The summed E-state index contributed by atoms with van der Waals surface area (Å²) >= 11 is 9.49. The molecular weight excluding hydrogens is 326 g/mol. The predicted molar refractivity (Wildman–Crippen MR) is 84.1 cm³/mol. The van der Waals surface area contributed by atoms with Crippen LogP contribution in [0.15, 0.2) is 22.7 Å². The molecule has 0 amide bonds. The number of hydrogen-bond donors (Lipinski definition) is 1. The van der Waals surface area contributed by atoms with Gasteiger partial charge in [0, 0.05) is 17.1 Å². The molecule has 1 fully saturated rings. The minimum Gasteiger partial charge on any atom is -0.491 e. The van der Waals surface area contributed by atoms with E-state index < -0.39 is 0 Å². The molecule has 0 spiro atoms. The van der Waals surface area contributed by atoms with Gasteiger partial charge in [0.15, 0.2) is 0 Å². The van der Waals surface area contributed by atoms with E-state index in [9.17, 15) is 0 Å². The third-order valence-electron chi connectivity index (χ3n) is 3.77. The smallest absolute Gasteiger partial charge is 0.138 e. The van der Waals surface area contributed by atoms with Gasteiger partial charge < -0.3 is 10.1 Å². The Bertz CT molecular complexity index is 413. The molecule has 1 aromatic rings. The third kappa shape index (κ3) is 4.66. The fourth-order valence-corrected chi connectivity index (χ4v) is 3.35. The minimum absolute atomic E-state index is 0.651. The van der Waals surface area contributed by atoms with E-state index in [2.05, 4.69) is 28.2 Å². The zero-order valence-electron chi connectivity index (χ0n) is 11.3. The van der Waals surface area contributed by atoms with Gasteiger partial charge in [-0.15, -0.1) is 0 Å². The van der Waals surface area contributed by atoms with Crippen molar-refractivity contribution in [3.63, 3.8) is 0 Å². The highest BCUT2D eigenvalue weighted by atomic mass is 79.9. The fraction of sp³-hybridized carbons (Fsp3) is 0.600. The average Bonchev–Trinajstić information content (AvgIpc) is 2.38. The van der Waals surface area contributed by atoms with Crippen LogP contribution >= 0.6 is 27.5 Å². The van der Waals surface area contributed by atoms with Crippen molar-refractivity contribution >= 4 is 27.5 Å². The standard InChI is InChI=1S/C15H21BrClNO/c1-11-4-2-3-5-14(11)18-8-9-19-15-7-6-12(16)10-13(15)17/h6-7,10-11,14,18H,2-5,8-9H2,1H3. The second-order valence-corrected chi connectivity index (χ2v) is 6.57.